The van der Waals surface area contributed by atoms with E-state index in [-0.39, 0.29) is 11.6 Å². The summed E-state index contributed by atoms with van der Waals surface area (Å²) in [5, 5.41) is 14.2. The zero-order valence-electron chi connectivity index (χ0n) is 23.0. The molecule has 2 heterocycles. The molecule has 0 unspecified atom stereocenters. The summed E-state index contributed by atoms with van der Waals surface area (Å²) < 4.78 is 7.37. The number of nitrogens with zero attached hydrogens (tertiary/aromatic N) is 5. The van der Waals surface area contributed by atoms with Crippen LogP contribution >= 0.6 is 0 Å². The number of ether oxygens (including phenoxy) is 1. The van der Waals surface area contributed by atoms with Gasteiger partial charge in [0.1, 0.15) is 11.8 Å². The lowest BCUT2D eigenvalue weighted by molar-refractivity contribution is 0.190. The van der Waals surface area contributed by atoms with E-state index in [0.29, 0.717) is 24.5 Å². The van der Waals surface area contributed by atoms with Crippen LogP contribution < -0.4 is 10.3 Å². The van der Waals surface area contributed by atoms with Crippen LogP contribution in [-0.2, 0) is 13.1 Å². The maximum Gasteiger partial charge on any atom is 0.253 e. The predicted octanol–water partition coefficient (Wildman–Crippen LogP) is 5.74. The summed E-state index contributed by atoms with van der Waals surface area (Å²) in [6.45, 7) is 3.23. The van der Waals surface area contributed by atoms with Crippen molar-refractivity contribution in [2.45, 2.75) is 57.8 Å². The van der Waals surface area contributed by atoms with Crippen LogP contribution in [0.1, 0.15) is 65.8 Å². The third-order valence-corrected chi connectivity index (χ3v) is 7.90. The topological polar surface area (TPSA) is 88.9 Å². The Balaban J connectivity index is 1.52. The van der Waals surface area contributed by atoms with Crippen molar-refractivity contribution in [2.24, 2.45) is 0 Å². The fraction of sp³-hybridized carbons (Fsp3) is 0.312. The first kappa shape index (κ1) is 26.0. The third-order valence-electron chi connectivity index (χ3n) is 7.90. The quantitative estimate of drug-likeness (QED) is 0.260. The second kappa shape index (κ2) is 11.4. The smallest absolute Gasteiger partial charge is 0.253 e. The zero-order chi connectivity index (χ0) is 27.5. The van der Waals surface area contributed by atoms with Gasteiger partial charge in [-0.2, -0.15) is 0 Å². The molecule has 1 fully saturated rings. The highest BCUT2D eigenvalue weighted by Gasteiger charge is 2.33. The zero-order valence-corrected chi connectivity index (χ0v) is 23.0. The SMILES string of the molecule is COc1ccc(CN(Cc2ccccc2)[C@@H](c2cc3ccc(C)cc3[nH]c2=O)c2nnnn2C2CCCC2)cc1. The van der Waals surface area contributed by atoms with Crippen LogP contribution in [0.3, 0.4) is 0 Å². The van der Waals surface area contributed by atoms with Gasteiger partial charge in [-0.15, -0.1) is 5.10 Å². The fourth-order valence-corrected chi connectivity index (χ4v) is 5.85. The number of tetrazole rings is 1. The van der Waals surface area contributed by atoms with E-state index < -0.39 is 6.04 Å². The summed E-state index contributed by atoms with van der Waals surface area (Å²) in [6, 6.07) is 26.3. The standard InChI is InChI=1S/C32H34N6O2/c1-22-12-15-25-19-28(32(39)33-29(25)18-22)30(31-34-35-36-38(31)26-10-6-7-11-26)37(20-23-8-4-3-5-9-23)21-24-13-16-27(40-2)17-14-24/h3-5,8-9,12-19,26,30H,6-7,10-11,20-21H2,1-2H3,(H,33,39)/t30-/m0/s1. The average molecular weight is 535 g/mol. The van der Waals surface area contributed by atoms with E-state index in [1.54, 1.807) is 7.11 Å². The van der Waals surface area contributed by atoms with Crippen molar-refractivity contribution in [2.75, 3.05) is 7.11 Å². The van der Waals surface area contributed by atoms with Gasteiger partial charge in [-0.05, 0) is 76.5 Å². The van der Waals surface area contributed by atoms with Crippen LogP contribution in [0.2, 0.25) is 0 Å². The molecule has 1 saturated carbocycles. The first-order valence-electron chi connectivity index (χ1n) is 13.9. The number of fused-ring (bicyclic) bond motifs is 1. The van der Waals surface area contributed by atoms with Gasteiger partial charge in [0.25, 0.3) is 5.56 Å². The Hall–Kier alpha value is -4.30. The van der Waals surface area contributed by atoms with Gasteiger partial charge in [-0.3, -0.25) is 9.69 Å². The molecule has 0 aliphatic heterocycles. The molecule has 0 saturated heterocycles. The molecule has 0 amide bonds. The van der Waals surface area contributed by atoms with Crippen LogP contribution in [0.5, 0.6) is 5.75 Å². The average Bonchev–Trinajstić information content (AvgIpc) is 3.67. The number of aromatic amines is 1. The van der Waals surface area contributed by atoms with Gasteiger partial charge in [0.15, 0.2) is 5.82 Å². The highest BCUT2D eigenvalue weighted by Crippen LogP contribution is 2.35. The van der Waals surface area contributed by atoms with Gasteiger partial charge in [0, 0.05) is 24.2 Å². The minimum Gasteiger partial charge on any atom is -0.497 e. The highest BCUT2D eigenvalue weighted by molar-refractivity contribution is 5.79. The molecule has 1 aliphatic rings. The number of nitrogens with one attached hydrogen (secondary N) is 1. The van der Waals surface area contributed by atoms with Crippen molar-refractivity contribution in [3.05, 3.63) is 117 Å². The van der Waals surface area contributed by atoms with Gasteiger partial charge in [0.05, 0.1) is 13.2 Å². The maximum atomic E-state index is 13.8. The number of benzene rings is 3. The minimum absolute atomic E-state index is 0.128. The van der Waals surface area contributed by atoms with E-state index in [2.05, 4.69) is 61.8 Å². The van der Waals surface area contributed by atoms with E-state index in [1.165, 1.54) is 0 Å². The molecular weight excluding hydrogens is 500 g/mol. The van der Waals surface area contributed by atoms with Gasteiger partial charge >= 0.3 is 0 Å². The van der Waals surface area contributed by atoms with Crippen molar-refractivity contribution in [3.8, 4) is 5.75 Å². The summed E-state index contributed by atoms with van der Waals surface area (Å²) in [5.74, 6) is 1.51. The molecule has 2 aromatic heterocycles. The molecule has 0 radical (unpaired) electrons. The minimum atomic E-state index is -0.465. The summed E-state index contributed by atoms with van der Waals surface area (Å²) in [4.78, 5) is 19.3. The molecule has 0 spiro atoms. The van der Waals surface area contributed by atoms with Gasteiger partial charge in [-0.25, -0.2) is 4.68 Å². The molecule has 5 aromatic rings. The molecule has 8 nitrogen and oxygen atoms in total. The Labute approximate surface area is 233 Å². The van der Waals surface area contributed by atoms with Crippen LogP contribution in [0.4, 0.5) is 0 Å². The molecule has 40 heavy (non-hydrogen) atoms. The molecule has 1 N–H and O–H groups in total. The van der Waals surface area contributed by atoms with Gasteiger partial charge in [-0.1, -0.05) is 67.4 Å². The molecule has 1 aliphatic carbocycles. The molecule has 3 aromatic carbocycles. The van der Waals surface area contributed by atoms with E-state index in [0.717, 1.165) is 59.0 Å². The van der Waals surface area contributed by atoms with Crippen LogP contribution in [-0.4, -0.2) is 37.2 Å². The predicted molar refractivity (Wildman–Crippen MR) is 155 cm³/mol. The number of hydrogen-bond donors (Lipinski definition) is 1. The van der Waals surface area contributed by atoms with Crippen LogP contribution in [0.15, 0.2) is 83.7 Å². The lowest BCUT2D eigenvalue weighted by atomic mass is 10.0. The van der Waals surface area contributed by atoms with Crippen LogP contribution in [0.25, 0.3) is 10.9 Å². The van der Waals surface area contributed by atoms with Crippen molar-refractivity contribution in [3.63, 3.8) is 0 Å². The number of rotatable bonds is 9. The Bertz CT molecular complexity index is 1640. The molecule has 1 atom stereocenters. The second-order valence-electron chi connectivity index (χ2n) is 10.7. The second-order valence-corrected chi connectivity index (χ2v) is 10.7. The monoisotopic (exact) mass is 534 g/mol. The summed E-state index contributed by atoms with van der Waals surface area (Å²) in [7, 11) is 1.67. The summed E-state index contributed by atoms with van der Waals surface area (Å²) in [5.41, 5.74) is 4.69. The number of aromatic nitrogens is 5. The van der Waals surface area contributed by atoms with Crippen molar-refractivity contribution in [1.82, 2.24) is 30.1 Å². The van der Waals surface area contributed by atoms with E-state index in [9.17, 15) is 4.79 Å². The lowest BCUT2D eigenvalue weighted by Crippen LogP contribution is -2.35. The number of H-pyrrole nitrogens is 1. The Morgan fingerprint density at radius 1 is 0.975 bits per heavy atom. The van der Waals surface area contributed by atoms with E-state index in [4.69, 9.17) is 4.74 Å². The Morgan fingerprint density at radius 2 is 1.70 bits per heavy atom. The number of pyridine rings is 1. The first-order chi connectivity index (χ1) is 19.6. The normalized spacial score (nSPS) is 14.7. The third kappa shape index (κ3) is 5.40. The first-order valence-corrected chi connectivity index (χ1v) is 13.9. The van der Waals surface area contributed by atoms with Crippen molar-refractivity contribution < 1.29 is 4.74 Å². The lowest BCUT2D eigenvalue weighted by Gasteiger charge is -2.32. The van der Waals surface area contributed by atoms with Gasteiger partial charge < -0.3 is 9.72 Å². The largest absolute Gasteiger partial charge is 0.497 e. The number of hydrogen-bond acceptors (Lipinski definition) is 6. The Morgan fingerprint density at radius 3 is 2.42 bits per heavy atom. The maximum absolute atomic E-state index is 13.8. The molecule has 6 rings (SSSR count). The fourth-order valence-electron chi connectivity index (χ4n) is 5.85. The molecular formula is C32H34N6O2. The number of methoxy groups -OCH3 is 1. The molecule has 0 bridgehead atoms. The number of aryl methyl sites for hydroxylation is 1. The highest BCUT2D eigenvalue weighted by atomic mass is 16.5. The van der Waals surface area contributed by atoms with Crippen LogP contribution in [0, 0.1) is 6.92 Å². The summed E-state index contributed by atoms with van der Waals surface area (Å²) in [6.07, 6.45) is 4.39. The molecule has 204 valence electrons. The van der Waals surface area contributed by atoms with Crippen molar-refractivity contribution in [1.29, 1.82) is 0 Å². The van der Waals surface area contributed by atoms with Gasteiger partial charge in [0.2, 0.25) is 0 Å². The Kier molecular flexibility index (Phi) is 7.42. The van der Waals surface area contributed by atoms with E-state index in [1.807, 2.05) is 54.1 Å². The molecule has 8 heteroatoms. The van der Waals surface area contributed by atoms with Crippen molar-refractivity contribution >= 4 is 10.9 Å². The van der Waals surface area contributed by atoms with E-state index >= 15 is 0 Å². The summed E-state index contributed by atoms with van der Waals surface area (Å²) >= 11 is 0.